The summed E-state index contributed by atoms with van der Waals surface area (Å²) >= 11 is 3.43. The van der Waals surface area contributed by atoms with Gasteiger partial charge < -0.3 is 0 Å². The Balaban J connectivity index is 1.77. The maximum atomic E-state index is 4.63. The third kappa shape index (κ3) is 2.18. The zero-order chi connectivity index (χ0) is 14.4. The van der Waals surface area contributed by atoms with Gasteiger partial charge in [-0.15, -0.1) is 22.7 Å². The van der Waals surface area contributed by atoms with Crippen molar-refractivity contribution in [2.75, 3.05) is 0 Å². The van der Waals surface area contributed by atoms with Crippen molar-refractivity contribution in [3.05, 3.63) is 51.7 Å². The van der Waals surface area contributed by atoms with Crippen LogP contribution in [0.3, 0.4) is 0 Å². The molecule has 0 aliphatic heterocycles. The summed E-state index contributed by atoms with van der Waals surface area (Å²) < 4.78 is 3.37. The first-order valence-electron chi connectivity index (χ1n) is 6.69. The van der Waals surface area contributed by atoms with Crippen LogP contribution in [0.2, 0.25) is 0 Å². The minimum atomic E-state index is 1.03. The van der Waals surface area contributed by atoms with Crippen LogP contribution in [0.4, 0.5) is 0 Å². The van der Waals surface area contributed by atoms with E-state index >= 15 is 0 Å². The molecule has 0 radical (unpaired) electrons. The van der Waals surface area contributed by atoms with Gasteiger partial charge in [-0.05, 0) is 38.1 Å². The molecule has 0 fully saturated rings. The predicted octanol–water partition coefficient (Wildman–Crippen LogP) is 4.79. The number of rotatable bonds is 2. The molecule has 5 heteroatoms. The third-order valence-electron chi connectivity index (χ3n) is 3.36. The zero-order valence-electron chi connectivity index (χ0n) is 11.7. The number of hydrogen-bond acceptors (Lipinski definition) is 4. The van der Waals surface area contributed by atoms with Crippen LogP contribution in [0.25, 0.3) is 27.3 Å². The molecule has 4 rings (SSSR count). The highest BCUT2D eigenvalue weighted by atomic mass is 32.1. The fraction of sp³-hybridized carbons (Fsp3) is 0.125. The minimum Gasteiger partial charge on any atom is -0.290 e. The topological polar surface area (TPSA) is 30.2 Å². The van der Waals surface area contributed by atoms with E-state index in [9.17, 15) is 0 Å². The second-order valence-corrected chi connectivity index (χ2v) is 7.21. The Morgan fingerprint density at radius 3 is 2.76 bits per heavy atom. The largest absolute Gasteiger partial charge is 0.290 e. The molecule has 0 spiro atoms. The van der Waals surface area contributed by atoms with Gasteiger partial charge in [-0.3, -0.25) is 4.40 Å². The van der Waals surface area contributed by atoms with Gasteiger partial charge in [0.05, 0.1) is 21.6 Å². The summed E-state index contributed by atoms with van der Waals surface area (Å²) in [5, 5.41) is 1.03. The molecule has 3 aromatic heterocycles. The maximum Gasteiger partial charge on any atom is 0.194 e. The molecule has 104 valence electrons. The Morgan fingerprint density at radius 2 is 1.90 bits per heavy atom. The zero-order valence-corrected chi connectivity index (χ0v) is 13.3. The summed E-state index contributed by atoms with van der Waals surface area (Å²) in [5.74, 6) is 0. The van der Waals surface area contributed by atoms with E-state index in [0.29, 0.717) is 0 Å². The first-order chi connectivity index (χ1) is 10.2. The molecule has 0 amide bonds. The van der Waals surface area contributed by atoms with Crippen molar-refractivity contribution < 1.29 is 0 Å². The monoisotopic (exact) mass is 311 g/mol. The van der Waals surface area contributed by atoms with Crippen LogP contribution in [-0.2, 0) is 0 Å². The molecule has 0 aliphatic carbocycles. The summed E-state index contributed by atoms with van der Waals surface area (Å²) in [5.41, 5.74) is 3.25. The second kappa shape index (κ2) is 4.79. The van der Waals surface area contributed by atoms with Gasteiger partial charge in [0.25, 0.3) is 0 Å². The fourth-order valence-corrected chi connectivity index (χ4v) is 4.14. The molecule has 0 aliphatic rings. The number of aromatic nitrogens is 3. The lowest BCUT2D eigenvalue weighted by Crippen LogP contribution is -1.83. The Kier molecular flexibility index (Phi) is 2.90. The average Bonchev–Trinajstić information content (AvgIpc) is 3.09. The van der Waals surface area contributed by atoms with Crippen molar-refractivity contribution >= 4 is 50.0 Å². The van der Waals surface area contributed by atoms with E-state index in [0.717, 1.165) is 26.9 Å². The van der Waals surface area contributed by atoms with Crippen LogP contribution in [0.5, 0.6) is 0 Å². The van der Waals surface area contributed by atoms with Crippen LogP contribution >= 0.6 is 22.7 Å². The van der Waals surface area contributed by atoms with Gasteiger partial charge in [0, 0.05) is 11.1 Å². The molecule has 1 aromatic carbocycles. The van der Waals surface area contributed by atoms with Crippen molar-refractivity contribution in [3.63, 3.8) is 0 Å². The molecule has 0 atom stereocenters. The van der Waals surface area contributed by atoms with Gasteiger partial charge in [0.15, 0.2) is 4.96 Å². The van der Waals surface area contributed by atoms with Gasteiger partial charge in [-0.1, -0.05) is 12.1 Å². The van der Waals surface area contributed by atoms with Crippen LogP contribution in [0.15, 0.2) is 30.5 Å². The minimum absolute atomic E-state index is 1.03. The number of benzene rings is 1. The molecular formula is C16H13N3S2. The van der Waals surface area contributed by atoms with E-state index in [1.54, 1.807) is 22.7 Å². The van der Waals surface area contributed by atoms with Gasteiger partial charge >= 0.3 is 0 Å². The fourth-order valence-electron chi connectivity index (χ4n) is 2.39. The van der Waals surface area contributed by atoms with Crippen molar-refractivity contribution in [3.8, 4) is 0 Å². The number of thiazole rings is 2. The number of aryl methyl sites for hydroxylation is 2. The van der Waals surface area contributed by atoms with Gasteiger partial charge in [0.2, 0.25) is 0 Å². The number of fused-ring (bicyclic) bond motifs is 2. The van der Waals surface area contributed by atoms with Crippen molar-refractivity contribution in [1.29, 1.82) is 0 Å². The van der Waals surface area contributed by atoms with Crippen LogP contribution in [0.1, 0.15) is 21.3 Å². The first kappa shape index (κ1) is 12.7. The van der Waals surface area contributed by atoms with Crippen molar-refractivity contribution in [2.24, 2.45) is 0 Å². The number of para-hydroxylation sites is 1. The highest BCUT2D eigenvalue weighted by Crippen LogP contribution is 2.25. The van der Waals surface area contributed by atoms with Gasteiger partial charge in [0.1, 0.15) is 5.01 Å². The molecule has 0 saturated heterocycles. The Bertz CT molecular complexity index is 939. The molecule has 21 heavy (non-hydrogen) atoms. The Labute approximate surface area is 130 Å². The van der Waals surface area contributed by atoms with Crippen molar-refractivity contribution in [1.82, 2.24) is 14.4 Å². The first-order valence-corrected chi connectivity index (χ1v) is 8.33. The highest BCUT2D eigenvalue weighted by Gasteiger charge is 2.08. The van der Waals surface area contributed by atoms with Crippen LogP contribution in [-0.4, -0.2) is 14.4 Å². The van der Waals surface area contributed by atoms with E-state index in [4.69, 9.17) is 0 Å². The SMILES string of the molecule is Cc1cn2c(/C=C/c3nc4ccccc4s3)c(C)nc2s1. The molecule has 0 bridgehead atoms. The third-order valence-corrected chi connectivity index (χ3v) is 5.26. The Hall–Kier alpha value is -1.98. The lowest BCUT2D eigenvalue weighted by atomic mass is 10.3. The van der Waals surface area contributed by atoms with Crippen molar-refractivity contribution in [2.45, 2.75) is 13.8 Å². The molecule has 3 heterocycles. The lowest BCUT2D eigenvalue weighted by Gasteiger charge is -1.92. The molecule has 0 N–H and O–H groups in total. The predicted molar refractivity (Wildman–Crippen MR) is 91.1 cm³/mol. The van der Waals surface area contributed by atoms with Crippen LogP contribution < -0.4 is 0 Å². The maximum absolute atomic E-state index is 4.63. The highest BCUT2D eigenvalue weighted by molar-refractivity contribution is 7.19. The van der Waals surface area contributed by atoms with Gasteiger partial charge in [-0.2, -0.15) is 0 Å². The summed E-state index contributed by atoms with van der Waals surface area (Å²) in [6.45, 7) is 4.16. The molecule has 4 aromatic rings. The molecule has 3 nitrogen and oxygen atoms in total. The molecular weight excluding hydrogens is 298 g/mol. The van der Waals surface area contributed by atoms with Gasteiger partial charge in [-0.25, -0.2) is 9.97 Å². The molecule has 0 unspecified atom stereocenters. The smallest absolute Gasteiger partial charge is 0.194 e. The number of nitrogens with zero attached hydrogens (tertiary/aromatic N) is 3. The van der Waals surface area contributed by atoms with E-state index in [2.05, 4.69) is 45.7 Å². The van der Waals surface area contributed by atoms with E-state index in [1.165, 1.54) is 9.58 Å². The average molecular weight is 311 g/mol. The normalized spacial score (nSPS) is 12.1. The summed E-state index contributed by atoms with van der Waals surface area (Å²) in [4.78, 5) is 11.6. The Morgan fingerprint density at radius 1 is 1.05 bits per heavy atom. The second-order valence-electron chi connectivity index (χ2n) is 4.93. The summed E-state index contributed by atoms with van der Waals surface area (Å²) in [6.07, 6.45) is 6.32. The molecule has 0 saturated carbocycles. The number of hydrogen-bond donors (Lipinski definition) is 0. The number of imidazole rings is 1. The van der Waals surface area contributed by atoms with E-state index < -0.39 is 0 Å². The quantitative estimate of drug-likeness (QED) is 0.532. The van der Waals surface area contributed by atoms with E-state index in [-0.39, 0.29) is 0 Å². The van der Waals surface area contributed by atoms with E-state index in [1.807, 2.05) is 25.1 Å². The summed E-state index contributed by atoms with van der Waals surface area (Å²) in [7, 11) is 0. The summed E-state index contributed by atoms with van der Waals surface area (Å²) in [6, 6.07) is 8.23. The standard InChI is InChI=1S/C16H13N3S2/c1-10-9-19-13(11(2)17-16(19)20-10)7-8-15-18-12-5-3-4-6-14(12)21-15/h3-9H,1-2H3/b8-7+. The van der Waals surface area contributed by atoms with Crippen LogP contribution in [0, 0.1) is 13.8 Å². The lowest BCUT2D eigenvalue weighted by molar-refractivity contribution is 1.18.